The molecule has 0 bridgehead atoms. The van der Waals surface area contributed by atoms with Crippen LogP contribution in [-0.2, 0) is 4.79 Å². The van der Waals surface area contributed by atoms with Crippen LogP contribution in [-0.4, -0.2) is 12.0 Å². The van der Waals surface area contributed by atoms with Gasteiger partial charge in [-0.05, 0) is 19.1 Å². The highest BCUT2D eigenvalue weighted by molar-refractivity contribution is 5.85. The SMILES string of the molecule is CC(=O)C(N)Oc1cc(F)ccc1F.Cl. The Bertz CT molecular complexity index is 360. The summed E-state index contributed by atoms with van der Waals surface area (Å²) in [6.45, 7) is 1.20. The molecule has 2 N–H and O–H groups in total. The predicted octanol–water partition coefficient (Wildman–Crippen LogP) is 1.64. The molecule has 1 unspecified atom stereocenters. The van der Waals surface area contributed by atoms with Gasteiger partial charge in [-0.25, -0.2) is 8.78 Å². The van der Waals surface area contributed by atoms with Crippen molar-refractivity contribution in [2.24, 2.45) is 5.73 Å². The van der Waals surface area contributed by atoms with Crippen LogP contribution in [0.1, 0.15) is 6.92 Å². The Morgan fingerprint density at radius 1 is 1.47 bits per heavy atom. The molecule has 0 aliphatic rings. The minimum absolute atomic E-state index is 0. The van der Waals surface area contributed by atoms with Crippen LogP contribution in [0.5, 0.6) is 5.75 Å². The Morgan fingerprint density at radius 2 is 2.07 bits per heavy atom. The van der Waals surface area contributed by atoms with Crippen molar-refractivity contribution >= 4 is 18.2 Å². The van der Waals surface area contributed by atoms with Crippen molar-refractivity contribution in [3.05, 3.63) is 29.8 Å². The summed E-state index contributed by atoms with van der Waals surface area (Å²) in [5, 5.41) is 0. The van der Waals surface area contributed by atoms with E-state index in [9.17, 15) is 13.6 Å². The van der Waals surface area contributed by atoms with Gasteiger partial charge in [0, 0.05) is 6.07 Å². The fraction of sp³-hybridized carbons (Fsp3) is 0.222. The van der Waals surface area contributed by atoms with Gasteiger partial charge in [0.25, 0.3) is 0 Å². The number of ether oxygens (including phenoxy) is 1. The van der Waals surface area contributed by atoms with Crippen molar-refractivity contribution in [2.75, 3.05) is 0 Å². The van der Waals surface area contributed by atoms with Gasteiger partial charge >= 0.3 is 0 Å². The van der Waals surface area contributed by atoms with E-state index in [2.05, 4.69) is 0 Å². The summed E-state index contributed by atoms with van der Waals surface area (Å²) in [4.78, 5) is 10.7. The van der Waals surface area contributed by atoms with Crippen molar-refractivity contribution in [2.45, 2.75) is 13.2 Å². The minimum atomic E-state index is -1.27. The van der Waals surface area contributed by atoms with Crippen molar-refractivity contribution in [1.82, 2.24) is 0 Å². The second kappa shape index (κ2) is 5.63. The van der Waals surface area contributed by atoms with Crippen LogP contribution in [0.4, 0.5) is 8.78 Å². The van der Waals surface area contributed by atoms with Gasteiger partial charge in [-0.2, -0.15) is 0 Å². The number of hydrogen-bond donors (Lipinski definition) is 1. The van der Waals surface area contributed by atoms with Gasteiger partial charge in [-0.3, -0.25) is 10.5 Å². The first-order chi connectivity index (χ1) is 6.50. The van der Waals surface area contributed by atoms with Gasteiger partial charge in [-0.15, -0.1) is 12.4 Å². The lowest BCUT2D eigenvalue weighted by molar-refractivity contribution is -0.123. The summed E-state index contributed by atoms with van der Waals surface area (Å²) < 4.78 is 30.3. The van der Waals surface area contributed by atoms with Gasteiger partial charge < -0.3 is 4.74 Å². The number of benzene rings is 1. The Labute approximate surface area is 91.6 Å². The molecule has 0 radical (unpaired) electrons. The lowest BCUT2D eigenvalue weighted by atomic mass is 10.3. The molecule has 1 rings (SSSR count). The quantitative estimate of drug-likeness (QED) is 0.813. The largest absolute Gasteiger partial charge is 0.465 e. The van der Waals surface area contributed by atoms with Crippen LogP contribution >= 0.6 is 12.4 Å². The molecule has 0 spiro atoms. The summed E-state index contributed by atoms with van der Waals surface area (Å²) in [5.41, 5.74) is 5.21. The molecule has 0 aliphatic carbocycles. The zero-order valence-electron chi connectivity index (χ0n) is 7.87. The van der Waals surface area contributed by atoms with E-state index in [4.69, 9.17) is 10.5 Å². The van der Waals surface area contributed by atoms with E-state index < -0.39 is 23.6 Å². The average molecular weight is 238 g/mol. The fourth-order valence-corrected chi connectivity index (χ4v) is 0.787. The Hall–Kier alpha value is -1.20. The zero-order valence-corrected chi connectivity index (χ0v) is 8.68. The van der Waals surface area contributed by atoms with Gasteiger partial charge in [-0.1, -0.05) is 0 Å². The van der Waals surface area contributed by atoms with Gasteiger partial charge in [0.1, 0.15) is 5.82 Å². The number of carbonyl (C=O) groups excluding carboxylic acids is 1. The number of rotatable bonds is 3. The first-order valence-corrected chi connectivity index (χ1v) is 3.88. The number of Topliss-reactive ketones (excluding diaryl/α,β-unsaturated/α-hetero) is 1. The maximum absolute atomic E-state index is 12.9. The van der Waals surface area contributed by atoms with Crippen molar-refractivity contribution in [1.29, 1.82) is 0 Å². The first kappa shape index (κ1) is 13.8. The molecular formula is C9H10ClF2NO2. The summed E-state index contributed by atoms with van der Waals surface area (Å²) in [6.07, 6.45) is -1.27. The summed E-state index contributed by atoms with van der Waals surface area (Å²) in [6, 6.07) is 2.68. The molecule has 0 saturated heterocycles. The van der Waals surface area contributed by atoms with Crippen LogP contribution in [0, 0.1) is 11.6 Å². The third-order valence-electron chi connectivity index (χ3n) is 1.55. The third kappa shape index (κ3) is 3.81. The Kier molecular flexibility index (Phi) is 5.18. The summed E-state index contributed by atoms with van der Waals surface area (Å²) in [7, 11) is 0. The molecule has 0 fully saturated rings. The molecule has 1 atom stereocenters. The zero-order chi connectivity index (χ0) is 10.7. The first-order valence-electron chi connectivity index (χ1n) is 3.88. The average Bonchev–Trinajstić information content (AvgIpc) is 2.11. The number of carbonyl (C=O) groups is 1. The lowest BCUT2D eigenvalue weighted by Gasteiger charge is -2.11. The van der Waals surface area contributed by atoms with E-state index in [0.29, 0.717) is 0 Å². The van der Waals surface area contributed by atoms with E-state index in [0.717, 1.165) is 18.2 Å². The second-order valence-corrected chi connectivity index (χ2v) is 2.72. The molecule has 3 nitrogen and oxygen atoms in total. The van der Waals surface area contributed by atoms with Crippen LogP contribution in [0.2, 0.25) is 0 Å². The van der Waals surface area contributed by atoms with E-state index in [-0.39, 0.29) is 18.2 Å². The van der Waals surface area contributed by atoms with E-state index in [1.807, 2.05) is 0 Å². The summed E-state index contributed by atoms with van der Waals surface area (Å²) >= 11 is 0. The second-order valence-electron chi connectivity index (χ2n) is 2.72. The molecule has 0 aliphatic heterocycles. The molecule has 0 aromatic heterocycles. The van der Waals surface area contributed by atoms with Gasteiger partial charge in [0.2, 0.25) is 6.23 Å². The molecule has 15 heavy (non-hydrogen) atoms. The smallest absolute Gasteiger partial charge is 0.206 e. The highest BCUT2D eigenvalue weighted by Gasteiger charge is 2.13. The Morgan fingerprint density at radius 3 is 2.60 bits per heavy atom. The normalized spacial score (nSPS) is 11.5. The number of ketones is 1. The van der Waals surface area contributed by atoms with Gasteiger partial charge in [0.15, 0.2) is 17.3 Å². The summed E-state index contributed by atoms with van der Waals surface area (Å²) in [5.74, 6) is -2.25. The van der Waals surface area contributed by atoms with E-state index in [1.165, 1.54) is 6.92 Å². The maximum atomic E-state index is 12.9. The lowest BCUT2D eigenvalue weighted by Crippen LogP contribution is -2.34. The molecule has 6 heteroatoms. The van der Waals surface area contributed by atoms with E-state index in [1.54, 1.807) is 0 Å². The minimum Gasteiger partial charge on any atom is -0.465 e. The van der Waals surface area contributed by atoms with E-state index >= 15 is 0 Å². The third-order valence-corrected chi connectivity index (χ3v) is 1.55. The van der Waals surface area contributed by atoms with Gasteiger partial charge in [0.05, 0.1) is 0 Å². The standard InChI is InChI=1S/C9H9F2NO2.ClH/c1-5(13)9(12)14-8-4-6(10)2-3-7(8)11;/h2-4,9H,12H2,1H3;1H. The Balaban J connectivity index is 0.00000196. The molecule has 1 aromatic carbocycles. The molecule has 1 aromatic rings. The van der Waals surface area contributed by atoms with Crippen molar-refractivity contribution < 1.29 is 18.3 Å². The highest BCUT2D eigenvalue weighted by Crippen LogP contribution is 2.18. The molecule has 84 valence electrons. The van der Waals surface area contributed by atoms with Crippen molar-refractivity contribution in [3.8, 4) is 5.75 Å². The van der Waals surface area contributed by atoms with Crippen LogP contribution in [0.25, 0.3) is 0 Å². The molecule has 0 amide bonds. The molecule has 0 saturated carbocycles. The predicted molar refractivity (Wildman–Crippen MR) is 52.9 cm³/mol. The maximum Gasteiger partial charge on any atom is 0.206 e. The monoisotopic (exact) mass is 237 g/mol. The van der Waals surface area contributed by atoms with Crippen molar-refractivity contribution in [3.63, 3.8) is 0 Å². The highest BCUT2D eigenvalue weighted by atomic mass is 35.5. The number of nitrogens with two attached hydrogens (primary N) is 1. The number of hydrogen-bond acceptors (Lipinski definition) is 3. The fourth-order valence-electron chi connectivity index (χ4n) is 0.787. The molecular weight excluding hydrogens is 228 g/mol. The van der Waals surface area contributed by atoms with Crippen LogP contribution in [0.3, 0.4) is 0 Å². The molecule has 0 heterocycles. The van der Waals surface area contributed by atoms with Crippen LogP contribution < -0.4 is 10.5 Å². The topological polar surface area (TPSA) is 52.3 Å². The van der Waals surface area contributed by atoms with Crippen LogP contribution in [0.15, 0.2) is 18.2 Å². The number of halogens is 3.